The van der Waals surface area contributed by atoms with Crippen molar-refractivity contribution in [1.82, 2.24) is 5.01 Å². The summed E-state index contributed by atoms with van der Waals surface area (Å²) >= 11 is 0. The summed E-state index contributed by atoms with van der Waals surface area (Å²) in [5.74, 6) is 3.65. The van der Waals surface area contributed by atoms with E-state index in [1.165, 1.54) is 10.6 Å². The molecule has 1 rings (SSSR count). The van der Waals surface area contributed by atoms with Crippen molar-refractivity contribution in [1.29, 1.82) is 0 Å². The molecule has 0 aliphatic heterocycles. The molecule has 0 bridgehead atoms. The summed E-state index contributed by atoms with van der Waals surface area (Å²) in [6.45, 7) is 2.67. The minimum absolute atomic E-state index is 0.255. The standard InChI is InChI=1S/C11H18N2O2.C4H4O4/c1-9-3-5-11(6-4-9)15-8-10(14)7-13(2)12;5-3(6)1-2-4(7)8/h3-6,10,14H,7-8,12H2,1-2H3;1-2H,(H,5,6)(H,7,8)/b;2-1+. The van der Waals surface area contributed by atoms with Gasteiger partial charge in [-0.1, -0.05) is 17.7 Å². The van der Waals surface area contributed by atoms with Crippen molar-refractivity contribution in [3.05, 3.63) is 42.0 Å². The van der Waals surface area contributed by atoms with E-state index in [9.17, 15) is 14.7 Å². The number of carboxylic acid groups (broad SMARTS) is 2. The number of ether oxygens (including phenoxy) is 1. The lowest BCUT2D eigenvalue weighted by Gasteiger charge is -2.16. The van der Waals surface area contributed by atoms with E-state index >= 15 is 0 Å². The highest BCUT2D eigenvalue weighted by molar-refractivity contribution is 5.89. The van der Waals surface area contributed by atoms with E-state index in [-0.39, 0.29) is 6.61 Å². The first-order chi connectivity index (χ1) is 10.7. The van der Waals surface area contributed by atoms with E-state index in [0.29, 0.717) is 18.7 Å². The number of aliphatic carboxylic acids is 2. The number of hydrogen-bond acceptors (Lipinski definition) is 6. The van der Waals surface area contributed by atoms with Crippen LogP contribution in [0.2, 0.25) is 0 Å². The molecule has 23 heavy (non-hydrogen) atoms. The summed E-state index contributed by atoms with van der Waals surface area (Å²) < 4.78 is 5.39. The molecule has 1 unspecified atom stereocenters. The molecular formula is C15H22N2O6. The number of nitrogens with two attached hydrogens (primary N) is 1. The molecule has 0 amide bonds. The Morgan fingerprint density at radius 3 is 2.09 bits per heavy atom. The topological polar surface area (TPSA) is 133 Å². The van der Waals surface area contributed by atoms with Gasteiger partial charge >= 0.3 is 11.9 Å². The first-order valence-electron chi connectivity index (χ1n) is 6.68. The van der Waals surface area contributed by atoms with Gasteiger partial charge in [0.05, 0.1) is 0 Å². The van der Waals surface area contributed by atoms with Crippen molar-refractivity contribution in [2.45, 2.75) is 13.0 Å². The lowest BCUT2D eigenvalue weighted by atomic mass is 10.2. The van der Waals surface area contributed by atoms with E-state index in [2.05, 4.69) is 0 Å². The average molecular weight is 326 g/mol. The second-order valence-electron chi connectivity index (χ2n) is 4.73. The monoisotopic (exact) mass is 326 g/mol. The number of aryl methyl sites for hydroxylation is 1. The molecule has 0 fully saturated rings. The van der Waals surface area contributed by atoms with Crippen LogP contribution < -0.4 is 10.6 Å². The fraction of sp³-hybridized carbons (Fsp3) is 0.333. The fourth-order valence-electron chi connectivity index (χ4n) is 1.35. The van der Waals surface area contributed by atoms with Gasteiger partial charge < -0.3 is 20.1 Å². The first kappa shape index (κ1) is 20.6. The predicted molar refractivity (Wildman–Crippen MR) is 83.9 cm³/mol. The van der Waals surface area contributed by atoms with Crippen LogP contribution in [0.3, 0.4) is 0 Å². The summed E-state index contributed by atoms with van der Waals surface area (Å²) in [6.07, 6.45) is 0.548. The van der Waals surface area contributed by atoms with E-state index in [0.717, 1.165) is 5.75 Å². The van der Waals surface area contributed by atoms with Crippen LogP contribution in [-0.4, -0.2) is 58.6 Å². The average Bonchev–Trinajstić information content (AvgIpc) is 2.44. The zero-order valence-electron chi connectivity index (χ0n) is 13.0. The maximum atomic E-state index is 9.55. The molecule has 0 aliphatic rings. The summed E-state index contributed by atoms with van der Waals surface area (Å²) in [4.78, 5) is 19.1. The molecule has 0 radical (unpaired) electrons. The molecule has 0 heterocycles. The van der Waals surface area contributed by atoms with Crippen LogP contribution in [0.15, 0.2) is 36.4 Å². The number of aliphatic hydroxyl groups is 1. The van der Waals surface area contributed by atoms with Gasteiger partial charge in [-0.25, -0.2) is 14.6 Å². The Balaban J connectivity index is 0.000000515. The number of likely N-dealkylation sites (N-methyl/N-ethyl adjacent to an activating group) is 1. The van der Waals surface area contributed by atoms with Crippen LogP contribution in [0, 0.1) is 6.92 Å². The van der Waals surface area contributed by atoms with Gasteiger partial charge in [0.1, 0.15) is 18.5 Å². The first-order valence-corrected chi connectivity index (χ1v) is 6.68. The quantitative estimate of drug-likeness (QED) is 0.318. The van der Waals surface area contributed by atoms with Crippen molar-refractivity contribution in [2.24, 2.45) is 5.84 Å². The third-order valence-corrected chi connectivity index (χ3v) is 2.33. The maximum Gasteiger partial charge on any atom is 0.328 e. The Morgan fingerprint density at radius 2 is 1.70 bits per heavy atom. The molecule has 1 aromatic rings. The molecule has 0 saturated carbocycles. The lowest BCUT2D eigenvalue weighted by molar-refractivity contribution is -0.134. The Kier molecular flexibility index (Phi) is 10.0. The molecule has 1 aromatic carbocycles. The third-order valence-electron chi connectivity index (χ3n) is 2.33. The number of carboxylic acids is 2. The number of benzene rings is 1. The Labute approximate surface area is 134 Å². The van der Waals surface area contributed by atoms with Crippen molar-refractivity contribution in [2.75, 3.05) is 20.2 Å². The van der Waals surface area contributed by atoms with E-state index in [1.54, 1.807) is 7.05 Å². The molecule has 0 aromatic heterocycles. The van der Waals surface area contributed by atoms with Crippen LogP contribution in [0.4, 0.5) is 0 Å². The zero-order chi connectivity index (χ0) is 17.8. The third kappa shape index (κ3) is 13.0. The lowest BCUT2D eigenvalue weighted by Crippen LogP contribution is -2.37. The summed E-state index contributed by atoms with van der Waals surface area (Å²) in [6, 6.07) is 7.70. The minimum Gasteiger partial charge on any atom is -0.491 e. The summed E-state index contributed by atoms with van der Waals surface area (Å²) in [5.41, 5.74) is 1.18. The number of carbonyl (C=O) groups is 2. The predicted octanol–water partition coefficient (Wildman–Crippen LogP) is 0.252. The van der Waals surface area contributed by atoms with Gasteiger partial charge in [-0.2, -0.15) is 0 Å². The Hall–Kier alpha value is -2.42. The van der Waals surface area contributed by atoms with Crippen LogP contribution in [-0.2, 0) is 9.59 Å². The molecule has 8 nitrogen and oxygen atoms in total. The zero-order valence-corrected chi connectivity index (χ0v) is 13.0. The van der Waals surface area contributed by atoms with Gasteiger partial charge in [-0.15, -0.1) is 0 Å². The van der Waals surface area contributed by atoms with Gasteiger partial charge in [-0.05, 0) is 19.1 Å². The molecule has 1 atom stereocenters. The van der Waals surface area contributed by atoms with Crippen LogP contribution in [0.25, 0.3) is 0 Å². The van der Waals surface area contributed by atoms with Gasteiger partial charge in [0.2, 0.25) is 0 Å². The second-order valence-corrected chi connectivity index (χ2v) is 4.73. The number of hydrazine groups is 1. The Bertz CT molecular complexity index is 497. The molecule has 0 spiro atoms. The van der Waals surface area contributed by atoms with Crippen molar-refractivity contribution < 1.29 is 29.6 Å². The maximum absolute atomic E-state index is 9.55. The number of hydrogen-bond donors (Lipinski definition) is 4. The van der Waals surface area contributed by atoms with E-state index < -0.39 is 18.0 Å². The van der Waals surface area contributed by atoms with Crippen molar-refractivity contribution in [3.8, 4) is 5.75 Å². The smallest absolute Gasteiger partial charge is 0.328 e. The SMILES string of the molecule is Cc1ccc(OCC(O)CN(C)N)cc1.O=C(O)/C=C/C(=O)O. The summed E-state index contributed by atoms with van der Waals surface area (Å²) in [5, 5.41) is 26.5. The normalized spacial score (nSPS) is 11.7. The van der Waals surface area contributed by atoms with Gasteiger partial charge in [0.15, 0.2) is 0 Å². The molecule has 5 N–H and O–H groups in total. The number of rotatable bonds is 7. The van der Waals surface area contributed by atoms with Crippen LogP contribution in [0.1, 0.15) is 5.56 Å². The molecular weight excluding hydrogens is 304 g/mol. The van der Waals surface area contributed by atoms with Crippen LogP contribution in [0.5, 0.6) is 5.75 Å². The van der Waals surface area contributed by atoms with Gasteiger partial charge in [0, 0.05) is 25.7 Å². The van der Waals surface area contributed by atoms with Crippen molar-refractivity contribution >= 4 is 11.9 Å². The fourth-order valence-corrected chi connectivity index (χ4v) is 1.35. The second kappa shape index (κ2) is 11.2. The highest BCUT2D eigenvalue weighted by Crippen LogP contribution is 2.11. The molecule has 0 saturated heterocycles. The van der Waals surface area contributed by atoms with Crippen LogP contribution >= 0.6 is 0 Å². The number of aliphatic hydroxyl groups excluding tert-OH is 1. The highest BCUT2D eigenvalue weighted by Gasteiger charge is 2.06. The van der Waals surface area contributed by atoms with E-state index in [1.807, 2.05) is 31.2 Å². The largest absolute Gasteiger partial charge is 0.491 e. The number of nitrogens with zero attached hydrogens (tertiary/aromatic N) is 1. The summed E-state index contributed by atoms with van der Waals surface area (Å²) in [7, 11) is 1.70. The minimum atomic E-state index is -1.26. The molecule has 0 aliphatic carbocycles. The van der Waals surface area contributed by atoms with Gasteiger partial charge in [-0.3, -0.25) is 5.84 Å². The Morgan fingerprint density at radius 1 is 1.22 bits per heavy atom. The van der Waals surface area contributed by atoms with Gasteiger partial charge in [0.25, 0.3) is 0 Å². The highest BCUT2D eigenvalue weighted by atomic mass is 16.5. The molecule has 8 heteroatoms. The van der Waals surface area contributed by atoms with E-state index in [4.69, 9.17) is 20.8 Å². The molecule has 128 valence electrons. The van der Waals surface area contributed by atoms with Crippen molar-refractivity contribution in [3.63, 3.8) is 0 Å².